The minimum Gasteiger partial charge on any atom is -0.352 e. The number of carbonyl (C=O) groups excluding carboxylic acids is 1. The Balaban J connectivity index is 2.58. The Labute approximate surface area is 116 Å². The zero-order valence-electron chi connectivity index (χ0n) is 10.0. The first-order valence-electron chi connectivity index (χ1n) is 5.49. The fourth-order valence-corrected chi connectivity index (χ4v) is 1.65. The smallest absolute Gasteiger partial charge is 0.352 e. The summed E-state index contributed by atoms with van der Waals surface area (Å²) in [6.07, 6.45) is -5.52. The van der Waals surface area contributed by atoms with Gasteiger partial charge in [0, 0.05) is 25.1 Å². The van der Waals surface area contributed by atoms with Gasteiger partial charge in [0.2, 0.25) is 0 Å². The predicted molar refractivity (Wildman–Crippen MR) is 65.7 cm³/mol. The van der Waals surface area contributed by atoms with Crippen molar-refractivity contribution < 1.29 is 22.9 Å². The molecule has 0 aliphatic carbocycles. The molecule has 1 aromatic carbocycles. The molecule has 0 spiro atoms. The summed E-state index contributed by atoms with van der Waals surface area (Å²) in [5.41, 5.74) is -0.298. The van der Waals surface area contributed by atoms with E-state index >= 15 is 0 Å². The molecule has 1 N–H and O–H groups in total. The molecule has 5 nitrogen and oxygen atoms in total. The maximum Gasteiger partial charge on any atom is 0.389 e. The van der Waals surface area contributed by atoms with Crippen molar-refractivity contribution in [1.82, 2.24) is 5.32 Å². The lowest BCUT2D eigenvalue weighted by molar-refractivity contribution is -0.384. The molecule has 1 amide bonds. The van der Waals surface area contributed by atoms with Gasteiger partial charge in [-0.05, 0) is 12.5 Å². The zero-order valence-corrected chi connectivity index (χ0v) is 10.8. The molecule has 0 atom stereocenters. The minimum atomic E-state index is -4.27. The Hall–Kier alpha value is -1.83. The van der Waals surface area contributed by atoms with Crippen molar-refractivity contribution in [3.63, 3.8) is 0 Å². The highest BCUT2D eigenvalue weighted by atomic mass is 35.5. The number of nitro groups is 1. The van der Waals surface area contributed by atoms with E-state index in [0.717, 1.165) is 18.2 Å². The highest BCUT2D eigenvalue weighted by molar-refractivity contribution is 6.34. The molecule has 1 rings (SSSR count). The van der Waals surface area contributed by atoms with Crippen molar-refractivity contribution in [2.75, 3.05) is 6.54 Å². The second-order valence-electron chi connectivity index (χ2n) is 3.90. The van der Waals surface area contributed by atoms with E-state index in [2.05, 4.69) is 5.32 Å². The van der Waals surface area contributed by atoms with Crippen LogP contribution in [0.3, 0.4) is 0 Å². The van der Waals surface area contributed by atoms with Crippen LogP contribution < -0.4 is 5.32 Å². The van der Waals surface area contributed by atoms with Crippen molar-refractivity contribution in [1.29, 1.82) is 0 Å². The number of nitrogens with one attached hydrogen (secondary N) is 1. The van der Waals surface area contributed by atoms with Crippen molar-refractivity contribution in [2.45, 2.75) is 19.0 Å². The molecule has 0 aliphatic heterocycles. The van der Waals surface area contributed by atoms with Crippen molar-refractivity contribution in [3.05, 3.63) is 38.9 Å². The quantitative estimate of drug-likeness (QED) is 0.515. The predicted octanol–water partition coefficient (Wildman–Crippen LogP) is 3.32. The second kappa shape index (κ2) is 6.56. The van der Waals surface area contributed by atoms with Crippen LogP contribution in [0.15, 0.2) is 18.2 Å². The Bertz CT molecular complexity index is 520. The van der Waals surface area contributed by atoms with Gasteiger partial charge in [-0.2, -0.15) is 13.2 Å². The van der Waals surface area contributed by atoms with Crippen molar-refractivity contribution in [2.24, 2.45) is 0 Å². The number of carbonyl (C=O) groups is 1. The van der Waals surface area contributed by atoms with E-state index in [4.69, 9.17) is 11.6 Å². The van der Waals surface area contributed by atoms with Gasteiger partial charge >= 0.3 is 6.18 Å². The van der Waals surface area contributed by atoms with Crippen LogP contribution in [0.25, 0.3) is 0 Å². The first-order valence-corrected chi connectivity index (χ1v) is 5.87. The summed E-state index contributed by atoms with van der Waals surface area (Å²) in [4.78, 5) is 21.4. The summed E-state index contributed by atoms with van der Waals surface area (Å²) < 4.78 is 35.7. The topological polar surface area (TPSA) is 72.2 Å². The number of rotatable bonds is 5. The summed E-state index contributed by atoms with van der Waals surface area (Å²) in [6, 6.07) is 3.25. The summed E-state index contributed by atoms with van der Waals surface area (Å²) >= 11 is 5.71. The van der Waals surface area contributed by atoms with E-state index in [1.54, 1.807) is 0 Å². The zero-order chi connectivity index (χ0) is 15.3. The van der Waals surface area contributed by atoms with Crippen LogP contribution in [-0.4, -0.2) is 23.6 Å². The number of hydrogen-bond donors (Lipinski definition) is 1. The number of hydrogen-bond acceptors (Lipinski definition) is 3. The van der Waals surface area contributed by atoms with Crippen LogP contribution >= 0.6 is 11.6 Å². The molecular weight excluding hydrogens is 301 g/mol. The number of amides is 1. The number of alkyl halides is 3. The fourth-order valence-electron chi connectivity index (χ4n) is 1.39. The number of nitro benzene ring substituents is 1. The summed E-state index contributed by atoms with van der Waals surface area (Å²) in [5, 5.41) is 12.6. The van der Waals surface area contributed by atoms with Gasteiger partial charge in [-0.25, -0.2) is 0 Å². The van der Waals surface area contributed by atoms with Crippen LogP contribution in [0.2, 0.25) is 5.02 Å². The summed E-state index contributed by atoms with van der Waals surface area (Å²) in [7, 11) is 0. The van der Waals surface area contributed by atoms with Crippen LogP contribution in [0.5, 0.6) is 0 Å². The van der Waals surface area contributed by atoms with Gasteiger partial charge in [0.25, 0.3) is 11.6 Å². The fraction of sp³-hybridized carbons (Fsp3) is 0.364. The lowest BCUT2D eigenvalue weighted by Gasteiger charge is -2.08. The summed E-state index contributed by atoms with van der Waals surface area (Å²) in [5.74, 6) is -0.674. The van der Waals surface area contributed by atoms with Crippen LogP contribution in [0, 0.1) is 10.1 Å². The highest BCUT2D eigenvalue weighted by Gasteiger charge is 2.26. The molecule has 1 aromatic rings. The Morgan fingerprint density at radius 3 is 2.55 bits per heavy atom. The molecular formula is C11H10ClF3N2O3. The molecule has 0 unspecified atom stereocenters. The Kier molecular flexibility index (Phi) is 5.32. The van der Waals surface area contributed by atoms with E-state index in [1.807, 2.05) is 0 Å². The van der Waals surface area contributed by atoms with Gasteiger partial charge < -0.3 is 5.32 Å². The molecule has 0 fully saturated rings. The largest absolute Gasteiger partial charge is 0.389 e. The standard InChI is InChI=1S/C11H10ClF3N2O3/c12-9-6-7(17(19)20)2-3-8(9)10(18)16-5-1-4-11(13,14)15/h2-3,6H,1,4-5H2,(H,16,18). The van der Waals surface area contributed by atoms with Gasteiger partial charge in [-0.3, -0.25) is 14.9 Å². The highest BCUT2D eigenvalue weighted by Crippen LogP contribution is 2.23. The lowest BCUT2D eigenvalue weighted by Crippen LogP contribution is -2.25. The van der Waals surface area contributed by atoms with Gasteiger partial charge in [-0.1, -0.05) is 11.6 Å². The molecule has 0 heterocycles. The van der Waals surface area contributed by atoms with Gasteiger partial charge in [0.05, 0.1) is 15.5 Å². The third-order valence-corrected chi connectivity index (χ3v) is 2.64. The minimum absolute atomic E-state index is 0.0238. The molecule has 20 heavy (non-hydrogen) atoms. The molecule has 0 saturated heterocycles. The summed E-state index contributed by atoms with van der Waals surface area (Å²) in [6.45, 7) is -0.161. The van der Waals surface area contributed by atoms with E-state index in [0.29, 0.717) is 0 Å². The molecule has 110 valence electrons. The molecule has 0 radical (unpaired) electrons. The van der Waals surface area contributed by atoms with Gasteiger partial charge in [0.15, 0.2) is 0 Å². The molecule has 0 bridgehead atoms. The second-order valence-corrected chi connectivity index (χ2v) is 4.30. The average molecular weight is 311 g/mol. The third-order valence-electron chi connectivity index (χ3n) is 2.33. The van der Waals surface area contributed by atoms with Crippen LogP contribution in [0.4, 0.5) is 18.9 Å². The van der Waals surface area contributed by atoms with E-state index in [1.165, 1.54) is 0 Å². The Morgan fingerprint density at radius 1 is 1.40 bits per heavy atom. The Morgan fingerprint density at radius 2 is 2.05 bits per heavy atom. The average Bonchev–Trinajstić information content (AvgIpc) is 2.33. The normalized spacial score (nSPS) is 11.2. The van der Waals surface area contributed by atoms with E-state index < -0.39 is 23.4 Å². The number of nitrogens with zero attached hydrogens (tertiary/aromatic N) is 1. The van der Waals surface area contributed by atoms with Crippen molar-refractivity contribution in [3.8, 4) is 0 Å². The maximum absolute atomic E-state index is 11.9. The van der Waals surface area contributed by atoms with E-state index in [9.17, 15) is 28.1 Å². The van der Waals surface area contributed by atoms with Crippen molar-refractivity contribution >= 4 is 23.2 Å². The van der Waals surface area contributed by atoms with Crippen LogP contribution in [-0.2, 0) is 0 Å². The number of benzene rings is 1. The SMILES string of the molecule is O=C(NCCCC(F)(F)F)c1ccc([N+](=O)[O-])cc1Cl. The molecule has 0 aromatic heterocycles. The molecule has 0 aliphatic rings. The third kappa shape index (κ3) is 5.04. The number of halogens is 4. The van der Waals surface area contributed by atoms with Gasteiger partial charge in [0.1, 0.15) is 0 Å². The first kappa shape index (κ1) is 16.2. The maximum atomic E-state index is 11.9. The first-order chi connectivity index (χ1) is 9.20. The van der Waals surface area contributed by atoms with Gasteiger partial charge in [-0.15, -0.1) is 0 Å². The van der Waals surface area contributed by atoms with Crippen LogP contribution in [0.1, 0.15) is 23.2 Å². The molecule has 9 heteroatoms. The molecule has 0 saturated carbocycles. The number of non-ortho nitro benzene ring substituents is 1. The monoisotopic (exact) mass is 310 g/mol. The lowest BCUT2D eigenvalue weighted by atomic mass is 10.2. The van der Waals surface area contributed by atoms with E-state index in [-0.39, 0.29) is 29.2 Å².